The van der Waals surface area contributed by atoms with Gasteiger partial charge in [-0.15, -0.1) is 0 Å². The summed E-state index contributed by atoms with van der Waals surface area (Å²) in [5.41, 5.74) is 4.05. The molecule has 0 saturated carbocycles. The molecule has 4 aromatic rings. The molecular formula is C25H25N3O3. The predicted octanol–water partition coefficient (Wildman–Crippen LogP) is 5.55. The van der Waals surface area contributed by atoms with Crippen molar-refractivity contribution in [1.82, 2.24) is 9.97 Å². The summed E-state index contributed by atoms with van der Waals surface area (Å²) in [5, 5.41) is 4.28. The molecule has 1 N–H and O–H groups in total. The van der Waals surface area contributed by atoms with Gasteiger partial charge in [0, 0.05) is 11.6 Å². The van der Waals surface area contributed by atoms with E-state index in [0.717, 1.165) is 11.1 Å². The molecule has 6 heteroatoms. The average molecular weight is 415 g/mol. The van der Waals surface area contributed by atoms with Crippen molar-refractivity contribution in [3.8, 4) is 17.2 Å². The Morgan fingerprint density at radius 3 is 2.23 bits per heavy atom. The lowest BCUT2D eigenvalue weighted by atomic mass is 9.92. The minimum atomic E-state index is 0.210. The highest BCUT2D eigenvalue weighted by atomic mass is 16.5. The van der Waals surface area contributed by atoms with Crippen LogP contribution in [0.2, 0.25) is 0 Å². The number of rotatable bonds is 7. The van der Waals surface area contributed by atoms with Gasteiger partial charge in [-0.2, -0.15) is 0 Å². The molecule has 1 aromatic heterocycles. The van der Waals surface area contributed by atoms with Crippen LogP contribution in [-0.2, 0) is 0 Å². The smallest absolute Gasteiger partial charge is 0.205 e. The minimum absolute atomic E-state index is 0.210. The van der Waals surface area contributed by atoms with Crippen LogP contribution in [0.4, 0.5) is 11.5 Å². The van der Waals surface area contributed by atoms with Crippen molar-refractivity contribution < 1.29 is 14.2 Å². The molecule has 0 aliphatic heterocycles. The molecule has 0 unspecified atom stereocenters. The number of aromatic nitrogens is 2. The van der Waals surface area contributed by atoms with Crippen molar-refractivity contribution in [3.63, 3.8) is 0 Å². The molecule has 6 nitrogen and oxygen atoms in total. The van der Waals surface area contributed by atoms with E-state index in [4.69, 9.17) is 14.2 Å². The molecule has 0 bridgehead atoms. The number of fused-ring (bicyclic) bond motifs is 1. The molecule has 0 fully saturated rings. The van der Waals surface area contributed by atoms with Gasteiger partial charge in [0.25, 0.3) is 0 Å². The van der Waals surface area contributed by atoms with Crippen LogP contribution in [0.25, 0.3) is 10.9 Å². The van der Waals surface area contributed by atoms with Crippen molar-refractivity contribution >= 4 is 22.4 Å². The van der Waals surface area contributed by atoms with Gasteiger partial charge >= 0.3 is 0 Å². The molecule has 0 radical (unpaired) electrons. The van der Waals surface area contributed by atoms with Gasteiger partial charge in [-0.1, -0.05) is 55.5 Å². The summed E-state index contributed by atoms with van der Waals surface area (Å²) in [6.07, 6.45) is 1.52. The minimum Gasteiger partial charge on any atom is -0.493 e. The number of nitrogens with zero attached hydrogens (tertiary/aromatic N) is 2. The Balaban J connectivity index is 1.82. The summed E-state index contributed by atoms with van der Waals surface area (Å²) in [6.45, 7) is 2.20. The van der Waals surface area contributed by atoms with Gasteiger partial charge in [0.1, 0.15) is 17.7 Å². The van der Waals surface area contributed by atoms with Crippen LogP contribution < -0.4 is 19.5 Å². The van der Waals surface area contributed by atoms with Crippen LogP contribution in [0.15, 0.2) is 67.0 Å². The van der Waals surface area contributed by atoms with E-state index in [9.17, 15) is 0 Å². The predicted molar refractivity (Wildman–Crippen MR) is 123 cm³/mol. The van der Waals surface area contributed by atoms with Crippen molar-refractivity contribution in [2.45, 2.75) is 12.8 Å². The first-order chi connectivity index (χ1) is 15.2. The zero-order valence-corrected chi connectivity index (χ0v) is 18.0. The fraction of sp³-hybridized carbons (Fsp3) is 0.200. The SMILES string of the molecule is COc1cc2c(Nc3ccccc3[C@H](C)c3ccccc3)ncnc2c(OC)c1OC. The van der Waals surface area contributed by atoms with Crippen molar-refractivity contribution in [2.24, 2.45) is 0 Å². The van der Waals surface area contributed by atoms with E-state index in [2.05, 4.69) is 64.7 Å². The zero-order valence-electron chi connectivity index (χ0n) is 18.0. The molecule has 0 saturated heterocycles. The van der Waals surface area contributed by atoms with Crippen LogP contribution in [-0.4, -0.2) is 31.3 Å². The average Bonchev–Trinajstić information content (AvgIpc) is 2.83. The number of para-hydroxylation sites is 1. The molecule has 0 amide bonds. The largest absolute Gasteiger partial charge is 0.493 e. The van der Waals surface area contributed by atoms with Gasteiger partial charge in [0.2, 0.25) is 5.75 Å². The van der Waals surface area contributed by atoms with Crippen LogP contribution in [0.1, 0.15) is 24.0 Å². The maximum absolute atomic E-state index is 5.59. The fourth-order valence-electron chi connectivity index (χ4n) is 3.80. The standard InChI is InChI=1S/C25H25N3O3/c1-16(17-10-6-5-7-11-17)18-12-8-9-13-20(18)28-25-19-14-21(29-2)23(30-3)24(31-4)22(19)26-15-27-25/h5-16H,1-4H3,(H,26,27,28)/t16-/m1/s1. The maximum atomic E-state index is 5.59. The number of ether oxygens (including phenoxy) is 3. The summed E-state index contributed by atoms with van der Waals surface area (Å²) in [7, 11) is 4.76. The third-order valence-electron chi connectivity index (χ3n) is 5.41. The number of hydrogen-bond acceptors (Lipinski definition) is 6. The highest BCUT2D eigenvalue weighted by molar-refractivity contribution is 5.97. The molecule has 4 rings (SSSR count). The van der Waals surface area contributed by atoms with Crippen molar-refractivity contribution in [1.29, 1.82) is 0 Å². The third-order valence-corrected chi connectivity index (χ3v) is 5.41. The fourth-order valence-corrected chi connectivity index (χ4v) is 3.80. The highest BCUT2D eigenvalue weighted by Crippen LogP contribution is 2.44. The molecule has 0 aliphatic carbocycles. The van der Waals surface area contributed by atoms with Crippen molar-refractivity contribution in [2.75, 3.05) is 26.6 Å². The molecule has 1 atom stereocenters. The Hall–Kier alpha value is -3.80. The topological polar surface area (TPSA) is 65.5 Å². The van der Waals surface area contributed by atoms with Gasteiger partial charge in [0.05, 0.1) is 26.7 Å². The van der Waals surface area contributed by atoms with E-state index in [1.54, 1.807) is 21.3 Å². The van der Waals surface area contributed by atoms with E-state index in [1.165, 1.54) is 17.5 Å². The number of benzene rings is 3. The Kier molecular flexibility index (Phi) is 5.89. The summed E-state index contributed by atoms with van der Waals surface area (Å²) in [6, 6.07) is 20.6. The Morgan fingerprint density at radius 2 is 1.52 bits per heavy atom. The lowest BCUT2D eigenvalue weighted by molar-refractivity contribution is 0.327. The monoisotopic (exact) mass is 415 g/mol. The van der Waals surface area contributed by atoms with Gasteiger partial charge in [0.15, 0.2) is 11.5 Å². The second-order valence-corrected chi connectivity index (χ2v) is 7.11. The van der Waals surface area contributed by atoms with Crippen LogP contribution in [0.5, 0.6) is 17.2 Å². The van der Waals surface area contributed by atoms with Crippen LogP contribution >= 0.6 is 0 Å². The molecule has 0 aliphatic rings. The molecule has 0 spiro atoms. The van der Waals surface area contributed by atoms with Gasteiger partial charge in [-0.05, 0) is 23.3 Å². The van der Waals surface area contributed by atoms with Crippen LogP contribution in [0, 0.1) is 0 Å². The number of anilines is 2. The normalized spacial score (nSPS) is 11.7. The molecule has 31 heavy (non-hydrogen) atoms. The zero-order chi connectivity index (χ0) is 21.8. The number of hydrogen-bond donors (Lipinski definition) is 1. The first-order valence-corrected chi connectivity index (χ1v) is 10.0. The molecule has 1 heterocycles. The second kappa shape index (κ2) is 8.92. The molecule has 158 valence electrons. The third kappa shape index (κ3) is 3.84. The van der Waals surface area contributed by atoms with Gasteiger partial charge in [-0.3, -0.25) is 0 Å². The first kappa shape index (κ1) is 20.5. The summed E-state index contributed by atoms with van der Waals surface area (Å²) in [5.74, 6) is 2.43. The van der Waals surface area contributed by atoms with Gasteiger partial charge < -0.3 is 19.5 Å². The first-order valence-electron chi connectivity index (χ1n) is 10.0. The van der Waals surface area contributed by atoms with E-state index >= 15 is 0 Å². The summed E-state index contributed by atoms with van der Waals surface area (Å²) < 4.78 is 16.6. The summed E-state index contributed by atoms with van der Waals surface area (Å²) in [4.78, 5) is 8.94. The second-order valence-electron chi connectivity index (χ2n) is 7.11. The summed E-state index contributed by atoms with van der Waals surface area (Å²) >= 11 is 0. The quantitative estimate of drug-likeness (QED) is 0.427. The van der Waals surface area contributed by atoms with E-state index in [-0.39, 0.29) is 5.92 Å². The van der Waals surface area contributed by atoms with Crippen molar-refractivity contribution in [3.05, 3.63) is 78.1 Å². The highest BCUT2D eigenvalue weighted by Gasteiger charge is 2.20. The molecule has 3 aromatic carbocycles. The van der Waals surface area contributed by atoms with Crippen LogP contribution in [0.3, 0.4) is 0 Å². The van der Waals surface area contributed by atoms with E-state index in [1.807, 2.05) is 18.2 Å². The Labute approximate surface area is 181 Å². The Morgan fingerprint density at radius 1 is 0.806 bits per heavy atom. The van der Waals surface area contributed by atoms with E-state index < -0.39 is 0 Å². The lowest BCUT2D eigenvalue weighted by Crippen LogP contribution is -2.04. The Bertz CT molecular complexity index is 1200. The maximum Gasteiger partial charge on any atom is 0.205 e. The van der Waals surface area contributed by atoms with Gasteiger partial charge in [-0.25, -0.2) is 9.97 Å². The lowest BCUT2D eigenvalue weighted by Gasteiger charge is -2.19. The molecular weight excluding hydrogens is 390 g/mol. The van der Waals surface area contributed by atoms with E-state index in [0.29, 0.717) is 28.6 Å². The number of nitrogens with one attached hydrogen (secondary N) is 1. The number of methoxy groups -OCH3 is 3.